The number of aliphatic hydroxyl groups is 1. The van der Waals surface area contributed by atoms with E-state index in [0.717, 1.165) is 15.3 Å². The number of thiophene rings is 1. The Kier molecular flexibility index (Phi) is 4.93. The molecule has 102 valence electrons. The van der Waals surface area contributed by atoms with Gasteiger partial charge in [-0.25, -0.2) is 0 Å². The lowest BCUT2D eigenvalue weighted by Gasteiger charge is -2.26. The molecule has 0 spiro atoms. The summed E-state index contributed by atoms with van der Waals surface area (Å²) in [6, 6.07) is 1.93. The molecule has 0 fully saturated rings. The van der Waals surface area contributed by atoms with E-state index in [4.69, 9.17) is 0 Å². The van der Waals surface area contributed by atoms with Gasteiger partial charge in [-0.1, -0.05) is 13.8 Å². The number of rotatable bonds is 5. The van der Waals surface area contributed by atoms with E-state index in [1.807, 2.05) is 33.8 Å². The van der Waals surface area contributed by atoms with Gasteiger partial charge >= 0.3 is 0 Å². The van der Waals surface area contributed by atoms with Crippen LogP contribution < -0.4 is 5.32 Å². The molecule has 2 N–H and O–H groups in total. The SMILES string of the molecule is Cc1cc(C(=O)NCC(C)(C)CC(C)O)c(C)s1. The van der Waals surface area contributed by atoms with Crippen LogP contribution in [-0.2, 0) is 0 Å². The highest BCUT2D eigenvalue weighted by Crippen LogP contribution is 2.23. The standard InChI is InChI=1S/C14H23NO2S/c1-9(16)7-14(4,5)8-15-13(17)12-6-10(2)18-11(12)3/h6,9,16H,7-8H2,1-5H3,(H,15,17). The van der Waals surface area contributed by atoms with E-state index in [9.17, 15) is 9.90 Å². The number of hydrogen-bond donors (Lipinski definition) is 2. The first kappa shape index (κ1) is 15.2. The van der Waals surface area contributed by atoms with Crippen LogP contribution in [0.3, 0.4) is 0 Å². The lowest BCUT2D eigenvalue weighted by atomic mass is 9.87. The lowest BCUT2D eigenvalue weighted by Crippen LogP contribution is -2.35. The van der Waals surface area contributed by atoms with Crippen molar-refractivity contribution in [3.8, 4) is 0 Å². The minimum absolute atomic E-state index is 0.0180. The predicted octanol–water partition coefficient (Wildman–Crippen LogP) is 2.89. The maximum atomic E-state index is 12.0. The highest BCUT2D eigenvalue weighted by molar-refractivity contribution is 7.12. The third kappa shape index (κ3) is 4.42. The lowest BCUT2D eigenvalue weighted by molar-refractivity contribution is 0.0902. The number of amides is 1. The van der Waals surface area contributed by atoms with Gasteiger partial charge in [0, 0.05) is 16.3 Å². The smallest absolute Gasteiger partial charge is 0.252 e. The zero-order valence-electron chi connectivity index (χ0n) is 11.8. The summed E-state index contributed by atoms with van der Waals surface area (Å²) in [7, 11) is 0. The third-order valence-electron chi connectivity index (χ3n) is 2.86. The molecule has 0 bridgehead atoms. The topological polar surface area (TPSA) is 49.3 Å². The highest BCUT2D eigenvalue weighted by Gasteiger charge is 2.22. The zero-order chi connectivity index (χ0) is 13.9. The molecule has 0 aliphatic heterocycles. The van der Waals surface area contributed by atoms with Crippen molar-refractivity contribution < 1.29 is 9.90 Å². The monoisotopic (exact) mass is 269 g/mol. The van der Waals surface area contributed by atoms with Crippen molar-refractivity contribution in [2.45, 2.75) is 47.1 Å². The molecular weight excluding hydrogens is 246 g/mol. The zero-order valence-corrected chi connectivity index (χ0v) is 12.6. The van der Waals surface area contributed by atoms with Crippen molar-refractivity contribution in [2.24, 2.45) is 5.41 Å². The molecule has 0 aliphatic rings. The Hall–Kier alpha value is -0.870. The van der Waals surface area contributed by atoms with Gasteiger partial charge in [0.25, 0.3) is 5.91 Å². The predicted molar refractivity (Wildman–Crippen MR) is 76.2 cm³/mol. The average molecular weight is 269 g/mol. The molecule has 4 heteroatoms. The van der Waals surface area contributed by atoms with Gasteiger partial charge in [0.1, 0.15) is 0 Å². The van der Waals surface area contributed by atoms with Crippen LogP contribution in [0.5, 0.6) is 0 Å². The van der Waals surface area contributed by atoms with Crippen LogP contribution in [0.4, 0.5) is 0 Å². The molecule has 18 heavy (non-hydrogen) atoms. The molecule has 0 aliphatic carbocycles. The molecular formula is C14H23NO2S. The fourth-order valence-electron chi connectivity index (χ4n) is 2.14. The van der Waals surface area contributed by atoms with Crippen LogP contribution in [0, 0.1) is 19.3 Å². The van der Waals surface area contributed by atoms with Gasteiger partial charge in [0.15, 0.2) is 0 Å². The van der Waals surface area contributed by atoms with Gasteiger partial charge < -0.3 is 10.4 Å². The molecule has 1 amide bonds. The second-order valence-corrected chi connectivity index (χ2v) is 7.19. The van der Waals surface area contributed by atoms with Crippen LogP contribution >= 0.6 is 11.3 Å². The Morgan fingerprint density at radius 2 is 2.11 bits per heavy atom. The van der Waals surface area contributed by atoms with E-state index >= 15 is 0 Å². The molecule has 1 heterocycles. The fraction of sp³-hybridized carbons (Fsp3) is 0.643. The molecule has 1 aromatic rings. The minimum Gasteiger partial charge on any atom is -0.393 e. The Bertz CT molecular complexity index is 421. The van der Waals surface area contributed by atoms with Gasteiger partial charge in [-0.15, -0.1) is 11.3 Å². The Labute approximate surface area is 113 Å². The van der Waals surface area contributed by atoms with E-state index in [0.29, 0.717) is 13.0 Å². The van der Waals surface area contributed by atoms with Gasteiger partial charge in [-0.3, -0.25) is 4.79 Å². The van der Waals surface area contributed by atoms with E-state index < -0.39 is 0 Å². The second-order valence-electron chi connectivity index (χ2n) is 5.73. The first-order valence-electron chi connectivity index (χ1n) is 6.24. The molecule has 1 atom stereocenters. The first-order valence-corrected chi connectivity index (χ1v) is 7.06. The highest BCUT2D eigenvalue weighted by atomic mass is 32.1. The van der Waals surface area contributed by atoms with Crippen LogP contribution in [-0.4, -0.2) is 23.7 Å². The van der Waals surface area contributed by atoms with Crippen molar-refractivity contribution in [1.82, 2.24) is 5.32 Å². The molecule has 0 aromatic carbocycles. The normalized spacial score (nSPS) is 13.4. The Morgan fingerprint density at radius 3 is 2.56 bits per heavy atom. The maximum absolute atomic E-state index is 12.0. The number of carbonyl (C=O) groups is 1. The summed E-state index contributed by atoms with van der Waals surface area (Å²) in [6.07, 6.45) is 0.330. The summed E-state index contributed by atoms with van der Waals surface area (Å²) in [6.45, 7) is 10.4. The number of aliphatic hydroxyl groups excluding tert-OH is 1. The summed E-state index contributed by atoms with van der Waals surface area (Å²) in [5.74, 6) is -0.0180. The van der Waals surface area contributed by atoms with E-state index in [-0.39, 0.29) is 17.4 Å². The summed E-state index contributed by atoms with van der Waals surface area (Å²) in [4.78, 5) is 14.3. The molecule has 0 saturated carbocycles. The molecule has 1 unspecified atom stereocenters. The van der Waals surface area contributed by atoms with Crippen LogP contribution in [0.2, 0.25) is 0 Å². The second kappa shape index (κ2) is 5.85. The van der Waals surface area contributed by atoms with Gasteiger partial charge in [-0.05, 0) is 38.7 Å². The van der Waals surface area contributed by atoms with Crippen LogP contribution in [0.25, 0.3) is 0 Å². The van der Waals surface area contributed by atoms with Crippen LogP contribution in [0.15, 0.2) is 6.07 Å². The van der Waals surface area contributed by atoms with Crippen molar-refractivity contribution in [3.05, 3.63) is 21.4 Å². The molecule has 3 nitrogen and oxygen atoms in total. The van der Waals surface area contributed by atoms with Crippen molar-refractivity contribution in [1.29, 1.82) is 0 Å². The van der Waals surface area contributed by atoms with Crippen molar-refractivity contribution in [3.63, 3.8) is 0 Å². The molecule has 1 rings (SSSR count). The van der Waals surface area contributed by atoms with Crippen LogP contribution in [0.1, 0.15) is 47.3 Å². The van der Waals surface area contributed by atoms with Gasteiger partial charge in [-0.2, -0.15) is 0 Å². The average Bonchev–Trinajstić information content (AvgIpc) is 2.52. The molecule has 0 radical (unpaired) electrons. The van der Waals surface area contributed by atoms with Crippen molar-refractivity contribution in [2.75, 3.05) is 6.54 Å². The summed E-state index contributed by atoms with van der Waals surface area (Å²) in [5.41, 5.74) is 0.674. The van der Waals surface area contributed by atoms with E-state index in [2.05, 4.69) is 5.32 Å². The Balaban J connectivity index is 2.59. The first-order chi connectivity index (χ1) is 8.21. The molecule has 1 aromatic heterocycles. The summed E-state index contributed by atoms with van der Waals surface area (Å²) < 4.78 is 0. The summed E-state index contributed by atoms with van der Waals surface area (Å²) in [5, 5.41) is 12.4. The van der Waals surface area contributed by atoms with E-state index in [1.165, 1.54) is 0 Å². The Morgan fingerprint density at radius 1 is 1.50 bits per heavy atom. The number of carbonyl (C=O) groups excluding carboxylic acids is 1. The fourth-order valence-corrected chi connectivity index (χ4v) is 3.06. The number of hydrogen-bond acceptors (Lipinski definition) is 3. The van der Waals surface area contributed by atoms with E-state index in [1.54, 1.807) is 18.3 Å². The van der Waals surface area contributed by atoms with Gasteiger partial charge in [0.05, 0.1) is 11.7 Å². The number of aryl methyl sites for hydroxylation is 2. The maximum Gasteiger partial charge on any atom is 0.252 e. The quantitative estimate of drug-likeness (QED) is 0.863. The van der Waals surface area contributed by atoms with Gasteiger partial charge in [0.2, 0.25) is 0 Å². The number of nitrogens with one attached hydrogen (secondary N) is 1. The third-order valence-corrected chi connectivity index (χ3v) is 3.83. The van der Waals surface area contributed by atoms with Crippen molar-refractivity contribution >= 4 is 17.2 Å². The largest absolute Gasteiger partial charge is 0.393 e. The summed E-state index contributed by atoms with van der Waals surface area (Å²) >= 11 is 1.64. The minimum atomic E-state index is -0.345. The molecule has 0 saturated heterocycles.